The third-order valence-corrected chi connectivity index (χ3v) is 4.07. The summed E-state index contributed by atoms with van der Waals surface area (Å²) in [5, 5.41) is 0. The predicted octanol–water partition coefficient (Wildman–Crippen LogP) is 3.02. The molecule has 2 aromatic rings. The highest BCUT2D eigenvalue weighted by atomic mass is 32.2. The third-order valence-electron chi connectivity index (χ3n) is 2.63. The van der Waals surface area contributed by atoms with Gasteiger partial charge in [0.2, 0.25) is 0 Å². The number of hydrogen-bond donors (Lipinski definition) is 1. The molecule has 94 valence electrons. The van der Waals surface area contributed by atoms with Gasteiger partial charge in [0.15, 0.2) is 0 Å². The molecule has 0 aliphatic rings. The fourth-order valence-electron chi connectivity index (χ4n) is 1.65. The molecule has 2 rings (SSSR count). The summed E-state index contributed by atoms with van der Waals surface area (Å²) >= 11 is 0. The Balaban J connectivity index is 2.21. The van der Waals surface area contributed by atoms with Gasteiger partial charge in [-0.1, -0.05) is 18.2 Å². The van der Waals surface area contributed by atoms with Crippen molar-refractivity contribution in [1.29, 1.82) is 0 Å². The SMILES string of the molecule is Cc1ccc(N)c(S(=O)Cc2ccc(F)cc2)c1. The van der Waals surface area contributed by atoms with Crippen LogP contribution in [-0.4, -0.2) is 4.21 Å². The molecule has 1 atom stereocenters. The second kappa shape index (κ2) is 5.31. The Morgan fingerprint density at radius 1 is 1.17 bits per heavy atom. The zero-order chi connectivity index (χ0) is 13.1. The van der Waals surface area contributed by atoms with Gasteiger partial charge < -0.3 is 5.73 Å². The number of benzene rings is 2. The van der Waals surface area contributed by atoms with Crippen LogP contribution in [0.5, 0.6) is 0 Å². The van der Waals surface area contributed by atoms with E-state index in [-0.39, 0.29) is 5.82 Å². The molecule has 4 heteroatoms. The minimum absolute atomic E-state index is 0.292. The van der Waals surface area contributed by atoms with E-state index in [0.717, 1.165) is 11.1 Å². The molecule has 2 N–H and O–H groups in total. The van der Waals surface area contributed by atoms with Gasteiger partial charge in [0.1, 0.15) is 5.82 Å². The molecule has 2 aromatic carbocycles. The van der Waals surface area contributed by atoms with Crippen molar-refractivity contribution in [3.8, 4) is 0 Å². The van der Waals surface area contributed by atoms with Crippen LogP contribution in [0.2, 0.25) is 0 Å². The minimum Gasteiger partial charge on any atom is -0.398 e. The number of nitrogens with two attached hydrogens (primary N) is 1. The summed E-state index contributed by atoms with van der Waals surface area (Å²) < 4.78 is 25.0. The zero-order valence-corrected chi connectivity index (χ0v) is 10.8. The molecular formula is C14H14FNOS. The second-order valence-electron chi connectivity index (χ2n) is 4.16. The van der Waals surface area contributed by atoms with E-state index in [4.69, 9.17) is 5.73 Å². The lowest BCUT2D eigenvalue weighted by atomic mass is 10.2. The van der Waals surface area contributed by atoms with E-state index < -0.39 is 10.8 Å². The number of rotatable bonds is 3. The van der Waals surface area contributed by atoms with Crippen LogP contribution in [0.4, 0.5) is 10.1 Å². The molecule has 18 heavy (non-hydrogen) atoms. The van der Waals surface area contributed by atoms with Crippen LogP contribution >= 0.6 is 0 Å². The molecule has 2 nitrogen and oxygen atoms in total. The van der Waals surface area contributed by atoms with Crippen LogP contribution in [0, 0.1) is 12.7 Å². The van der Waals surface area contributed by atoms with E-state index in [1.165, 1.54) is 12.1 Å². The molecule has 0 bridgehead atoms. The van der Waals surface area contributed by atoms with Crippen LogP contribution in [0.1, 0.15) is 11.1 Å². The van der Waals surface area contributed by atoms with E-state index in [0.29, 0.717) is 16.3 Å². The molecule has 1 unspecified atom stereocenters. The van der Waals surface area contributed by atoms with Crippen molar-refractivity contribution in [2.75, 3.05) is 5.73 Å². The molecule has 0 amide bonds. The largest absolute Gasteiger partial charge is 0.398 e. The van der Waals surface area contributed by atoms with Gasteiger partial charge in [0.25, 0.3) is 0 Å². The maximum Gasteiger partial charge on any atom is 0.123 e. The van der Waals surface area contributed by atoms with Crippen molar-refractivity contribution < 1.29 is 8.60 Å². The van der Waals surface area contributed by atoms with Gasteiger partial charge in [-0.05, 0) is 42.3 Å². The highest BCUT2D eigenvalue weighted by Gasteiger charge is 2.09. The maximum absolute atomic E-state index is 12.8. The Morgan fingerprint density at radius 3 is 2.50 bits per heavy atom. The quantitative estimate of drug-likeness (QED) is 0.865. The van der Waals surface area contributed by atoms with Crippen LogP contribution < -0.4 is 5.73 Å². The molecule has 0 spiro atoms. The molecular weight excluding hydrogens is 249 g/mol. The lowest BCUT2D eigenvalue weighted by Crippen LogP contribution is -2.01. The first kappa shape index (κ1) is 12.8. The topological polar surface area (TPSA) is 43.1 Å². The zero-order valence-electron chi connectivity index (χ0n) is 10.0. The number of aryl methyl sites for hydroxylation is 1. The molecule has 0 fully saturated rings. The lowest BCUT2D eigenvalue weighted by Gasteiger charge is -2.07. The summed E-state index contributed by atoms with van der Waals surface area (Å²) in [7, 11) is -1.21. The molecule has 0 aliphatic carbocycles. The summed E-state index contributed by atoms with van der Waals surface area (Å²) in [5.41, 5.74) is 8.19. The summed E-state index contributed by atoms with van der Waals surface area (Å²) in [6.07, 6.45) is 0. The van der Waals surface area contributed by atoms with Gasteiger partial charge in [-0.15, -0.1) is 0 Å². The Kier molecular flexibility index (Phi) is 3.77. The monoisotopic (exact) mass is 263 g/mol. The van der Waals surface area contributed by atoms with Crippen molar-refractivity contribution in [2.45, 2.75) is 17.6 Å². The van der Waals surface area contributed by atoms with Crippen LogP contribution in [0.15, 0.2) is 47.4 Å². The molecule has 0 saturated carbocycles. The molecule has 0 heterocycles. The van der Waals surface area contributed by atoms with Crippen LogP contribution in [0.3, 0.4) is 0 Å². The maximum atomic E-state index is 12.8. The first-order valence-corrected chi connectivity index (χ1v) is 6.87. The summed E-state index contributed by atoms with van der Waals surface area (Å²) in [6, 6.07) is 11.5. The Bertz CT molecular complexity index is 581. The minimum atomic E-state index is -1.21. The number of halogens is 1. The summed E-state index contributed by atoms with van der Waals surface area (Å²) in [6.45, 7) is 1.93. The van der Waals surface area contributed by atoms with Crippen molar-refractivity contribution in [3.63, 3.8) is 0 Å². The Morgan fingerprint density at radius 2 is 1.83 bits per heavy atom. The number of nitrogen functional groups attached to an aromatic ring is 1. The molecule has 0 aliphatic heterocycles. The van der Waals surface area contributed by atoms with Crippen molar-refractivity contribution in [2.24, 2.45) is 0 Å². The lowest BCUT2D eigenvalue weighted by molar-refractivity contribution is 0.627. The molecule has 0 saturated heterocycles. The molecule has 0 aromatic heterocycles. The third kappa shape index (κ3) is 2.96. The highest BCUT2D eigenvalue weighted by molar-refractivity contribution is 7.84. The fraction of sp³-hybridized carbons (Fsp3) is 0.143. The van der Waals surface area contributed by atoms with E-state index in [1.807, 2.05) is 19.1 Å². The normalized spacial score (nSPS) is 12.3. The predicted molar refractivity (Wildman–Crippen MR) is 72.1 cm³/mol. The van der Waals surface area contributed by atoms with Gasteiger partial charge in [-0.2, -0.15) is 0 Å². The average Bonchev–Trinajstić information content (AvgIpc) is 2.35. The fourth-order valence-corrected chi connectivity index (χ4v) is 2.95. The van der Waals surface area contributed by atoms with E-state index in [9.17, 15) is 8.60 Å². The Labute approximate surface area is 108 Å². The van der Waals surface area contributed by atoms with E-state index >= 15 is 0 Å². The summed E-state index contributed by atoms with van der Waals surface area (Å²) in [5.74, 6) is 0.0492. The second-order valence-corrected chi connectivity index (χ2v) is 5.58. The standard InChI is InChI=1S/C14H14FNOS/c1-10-2-7-13(16)14(8-10)18(17)9-11-3-5-12(15)6-4-11/h2-8H,9,16H2,1H3. The van der Waals surface area contributed by atoms with E-state index in [2.05, 4.69) is 0 Å². The van der Waals surface area contributed by atoms with Crippen LogP contribution in [0.25, 0.3) is 0 Å². The van der Waals surface area contributed by atoms with Gasteiger partial charge in [-0.3, -0.25) is 4.21 Å². The van der Waals surface area contributed by atoms with Crippen LogP contribution in [-0.2, 0) is 16.6 Å². The molecule has 0 radical (unpaired) electrons. The van der Waals surface area contributed by atoms with Gasteiger partial charge >= 0.3 is 0 Å². The van der Waals surface area contributed by atoms with Crippen molar-refractivity contribution >= 4 is 16.5 Å². The first-order valence-electron chi connectivity index (χ1n) is 5.55. The van der Waals surface area contributed by atoms with Gasteiger partial charge in [0.05, 0.1) is 21.4 Å². The van der Waals surface area contributed by atoms with Gasteiger partial charge in [-0.25, -0.2) is 4.39 Å². The Hall–Kier alpha value is -1.68. The van der Waals surface area contributed by atoms with Crippen molar-refractivity contribution in [1.82, 2.24) is 0 Å². The van der Waals surface area contributed by atoms with Crippen molar-refractivity contribution in [3.05, 3.63) is 59.4 Å². The highest BCUT2D eigenvalue weighted by Crippen LogP contribution is 2.20. The van der Waals surface area contributed by atoms with Gasteiger partial charge in [0, 0.05) is 5.69 Å². The summed E-state index contributed by atoms with van der Waals surface area (Å²) in [4.78, 5) is 0.638. The average molecular weight is 263 g/mol. The number of hydrogen-bond acceptors (Lipinski definition) is 2. The smallest absolute Gasteiger partial charge is 0.123 e. The number of anilines is 1. The van der Waals surface area contributed by atoms with E-state index in [1.54, 1.807) is 18.2 Å². The first-order chi connectivity index (χ1) is 8.56.